The van der Waals surface area contributed by atoms with Gasteiger partial charge >= 0.3 is 5.76 Å². The van der Waals surface area contributed by atoms with Gasteiger partial charge < -0.3 is 9.73 Å². The monoisotopic (exact) mass is 445 g/mol. The van der Waals surface area contributed by atoms with Crippen LogP contribution >= 0.6 is 0 Å². The molecule has 3 rings (SSSR count). The minimum Gasteiger partial charge on any atom is -0.408 e. The van der Waals surface area contributed by atoms with E-state index >= 15 is 0 Å². The summed E-state index contributed by atoms with van der Waals surface area (Å²) in [5.41, 5.74) is 2.90. The van der Waals surface area contributed by atoms with Gasteiger partial charge in [-0.25, -0.2) is 13.2 Å². The maximum atomic E-state index is 12.9. The van der Waals surface area contributed by atoms with Gasteiger partial charge in [0.15, 0.2) is 5.58 Å². The number of nitrogens with one attached hydrogen (secondary N) is 2. The number of rotatable bonds is 8. The number of carbonyl (C=O) groups is 1. The predicted octanol–water partition coefficient (Wildman–Crippen LogP) is 2.10. The van der Waals surface area contributed by atoms with Crippen LogP contribution in [0.15, 0.2) is 56.6 Å². The normalized spacial score (nSPS) is 12.9. The van der Waals surface area contributed by atoms with Crippen LogP contribution < -0.4 is 15.8 Å². The number of oxazole rings is 1. The molecule has 0 bridgehead atoms. The highest BCUT2D eigenvalue weighted by Gasteiger charge is 2.28. The van der Waals surface area contributed by atoms with Crippen molar-refractivity contribution in [3.63, 3.8) is 0 Å². The van der Waals surface area contributed by atoms with Gasteiger partial charge in [-0.05, 0) is 37.0 Å². The number of fused-ring (bicyclic) bond motifs is 1. The Morgan fingerprint density at radius 2 is 1.81 bits per heavy atom. The third-order valence-electron chi connectivity index (χ3n) is 5.14. The molecule has 0 fully saturated rings. The number of carbonyl (C=O) groups excluding carboxylic acids is 1. The van der Waals surface area contributed by atoms with Crippen molar-refractivity contribution in [2.24, 2.45) is 13.0 Å². The van der Waals surface area contributed by atoms with Crippen molar-refractivity contribution in [3.05, 3.63) is 64.1 Å². The summed E-state index contributed by atoms with van der Waals surface area (Å²) in [6.07, 6.45) is 0.646. The molecule has 0 saturated carbocycles. The molecule has 1 amide bonds. The topological polar surface area (TPSA) is 110 Å². The maximum absolute atomic E-state index is 12.9. The second kappa shape index (κ2) is 9.07. The van der Waals surface area contributed by atoms with E-state index in [2.05, 4.69) is 10.0 Å². The number of benzene rings is 2. The summed E-state index contributed by atoms with van der Waals surface area (Å²) in [5, 5.41) is 2.81. The van der Waals surface area contributed by atoms with Gasteiger partial charge in [-0.2, -0.15) is 4.72 Å². The summed E-state index contributed by atoms with van der Waals surface area (Å²) in [6.45, 7) is 5.94. The van der Waals surface area contributed by atoms with Crippen LogP contribution in [0.25, 0.3) is 11.1 Å². The molecule has 0 spiro atoms. The van der Waals surface area contributed by atoms with E-state index in [1.54, 1.807) is 13.8 Å². The zero-order valence-corrected chi connectivity index (χ0v) is 18.8. The van der Waals surface area contributed by atoms with Crippen molar-refractivity contribution in [3.8, 4) is 0 Å². The lowest BCUT2D eigenvalue weighted by Crippen LogP contribution is -2.49. The van der Waals surface area contributed by atoms with Crippen LogP contribution in [0.3, 0.4) is 0 Å². The molecule has 1 atom stereocenters. The fraction of sp³-hybridized carbons (Fsp3) is 0.364. The molecule has 0 saturated heterocycles. The summed E-state index contributed by atoms with van der Waals surface area (Å²) in [7, 11) is -2.47. The summed E-state index contributed by atoms with van der Waals surface area (Å²) in [5.74, 6) is -1.24. The molecule has 9 heteroatoms. The van der Waals surface area contributed by atoms with Crippen LogP contribution in [0, 0.1) is 12.8 Å². The van der Waals surface area contributed by atoms with Gasteiger partial charge in [-0.3, -0.25) is 9.36 Å². The Balaban J connectivity index is 1.71. The van der Waals surface area contributed by atoms with Gasteiger partial charge in [0.1, 0.15) is 6.04 Å². The molecule has 31 heavy (non-hydrogen) atoms. The second-order valence-corrected chi connectivity index (χ2v) is 9.64. The Hall–Kier alpha value is -2.91. The van der Waals surface area contributed by atoms with E-state index in [9.17, 15) is 18.0 Å². The quantitative estimate of drug-likeness (QED) is 0.552. The number of sulfonamides is 1. The average molecular weight is 446 g/mol. The lowest BCUT2D eigenvalue weighted by molar-refractivity contribution is -0.123. The highest BCUT2D eigenvalue weighted by Crippen LogP contribution is 2.19. The Morgan fingerprint density at radius 3 is 2.45 bits per heavy atom. The molecule has 0 aliphatic carbocycles. The van der Waals surface area contributed by atoms with E-state index in [0.717, 1.165) is 11.1 Å². The SMILES string of the molecule is Cc1ccc(CCNC(=O)[C@H](NS(=O)(=O)c2ccc3c(c2)oc(=O)n3C)C(C)C)cc1. The molecule has 166 valence electrons. The van der Waals surface area contributed by atoms with E-state index in [1.165, 1.54) is 29.8 Å². The van der Waals surface area contributed by atoms with Crippen molar-refractivity contribution < 1.29 is 17.6 Å². The fourth-order valence-electron chi connectivity index (χ4n) is 3.20. The highest BCUT2D eigenvalue weighted by molar-refractivity contribution is 7.89. The van der Waals surface area contributed by atoms with Crippen molar-refractivity contribution in [2.75, 3.05) is 6.54 Å². The Labute approximate surface area is 181 Å². The molecule has 0 unspecified atom stereocenters. The number of aryl methyl sites for hydroxylation is 2. The van der Waals surface area contributed by atoms with Crippen molar-refractivity contribution in [1.82, 2.24) is 14.6 Å². The molecule has 1 heterocycles. The molecule has 2 aromatic carbocycles. The molecule has 1 aromatic heterocycles. The van der Waals surface area contributed by atoms with Gasteiger partial charge in [0.25, 0.3) is 0 Å². The minimum absolute atomic E-state index is 0.0764. The average Bonchev–Trinajstić information content (AvgIpc) is 3.00. The van der Waals surface area contributed by atoms with Gasteiger partial charge in [0.2, 0.25) is 15.9 Å². The molecule has 0 radical (unpaired) electrons. The number of hydrogen-bond donors (Lipinski definition) is 2. The van der Waals surface area contributed by atoms with Crippen LogP contribution in [0.1, 0.15) is 25.0 Å². The maximum Gasteiger partial charge on any atom is 0.419 e. The first kappa shape index (κ1) is 22.8. The Kier molecular flexibility index (Phi) is 6.66. The summed E-state index contributed by atoms with van der Waals surface area (Å²) in [6, 6.07) is 11.2. The predicted molar refractivity (Wildman–Crippen MR) is 118 cm³/mol. The van der Waals surface area contributed by atoms with Crippen LogP contribution in [0.2, 0.25) is 0 Å². The van der Waals surface area contributed by atoms with Gasteiger partial charge in [0.05, 0.1) is 10.4 Å². The molecule has 8 nitrogen and oxygen atoms in total. The van der Waals surface area contributed by atoms with Gasteiger partial charge in [-0.15, -0.1) is 0 Å². The number of nitrogens with zero attached hydrogens (tertiary/aromatic N) is 1. The van der Waals surface area contributed by atoms with Crippen LogP contribution in [0.5, 0.6) is 0 Å². The first-order valence-corrected chi connectivity index (χ1v) is 11.5. The van der Waals surface area contributed by atoms with Crippen LogP contribution in [-0.4, -0.2) is 31.5 Å². The standard InChI is InChI=1S/C22H27N3O5S/c1-14(2)20(21(26)23-12-11-16-7-5-15(3)6-8-16)24-31(28,29)17-9-10-18-19(13-17)30-22(27)25(18)4/h5-10,13-14,20,24H,11-12H2,1-4H3,(H,23,26)/t20-/m1/s1. The Bertz CT molecular complexity index is 1240. The van der Waals surface area contributed by atoms with E-state index in [0.29, 0.717) is 18.5 Å². The zero-order valence-electron chi connectivity index (χ0n) is 18.0. The smallest absolute Gasteiger partial charge is 0.408 e. The van der Waals surface area contributed by atoms with Gasteiger partial charge in [-0.1, -0.05) is 43.7 Å². The largest absolute Gasteiger partial charge is 0.419 e. The summed E-state index contributed by atoms with van der Waals surface area (Å²) in [4.78, 5) is 24.3. The van der Waals surface area contributed by atoms with Crippen molar-refractivity contribution in [1.29, 1.82) is 0 Å². The van der Waals surface area contributed by atoms with Gasteiger partial charge in [0, 0.05) is 19.7 Å². The third-order valence-corrected chi connectivity index (χ3v) is 6.58. The van der Waals surface area contributed by atoms with E-state index in [1.807, 2.05) is 31.2 Å². The van der Waals surface area contributed by atoms with Crippen LogP contribution in [-0.2, 0) is 28.3 Å². The van der Waals surface area contributed by atoms with Crippen molar-refractivity contribution in [2.45, 2.75) is 38.1 Å². The minimum atomic E-state index is -4.01. The van der Waals surface area contributed by atoms with Crippen LogP contribution in [0.4, 0.5) is 0 Å². The molecule has 0 aliphatic heterocycles. The number of aromatic nitrogens is 1. The van der Waals surface area contributed by atoms with E-state index in [4.69, 9.17) is 4.42 Å². The second-order valence-electron chi connectivity index (χ2n) is 7.93. The molecular formula is C22H27N3O5S. The number of amides is 1. The summed E-state index contributed by atoms with van der Waals surface area (Å²) >= 11 is 0. The molecule has 3 aromatic rings. The third kappa shape index (κ3) is 5.23. The zero-order chi connectivity index (χ0) is 22.8. The molecule has 2 N–H and O–H groups in total. The molecular weight excluding hydrogens is 418 g/mol. The first-order valence-electron chi connectivity index (χ1n) is 10.0. The lowest BCUT2D eigenvalue weighted by atomic mass is 10.0. The summed E-state index contributed by atoms with van der Waals surface area (Å²) < 4.78 is 34.6. The van der Waals surface area contributed by atoms with Crippen molar-refractivity contribution >= 4 is 27.0 Å². The lowest BCUT2D eigenvalue weighted by Gasteiger charge is -2.21. The van der Waals surface area contributed by atoms with E-state index in [-0.39, 0.29) is 16.4 Å². The number of hydrogen-bond acceptors (Lipinski definition) is 5. The molecule has 0 aliphatic rings. The van der Waals surface area contributed by atoms with E-state index < -0.39 is 27.7 Å². The first-order chi connectivity index (χ1) is 14.6. The highest BCUT2D eigenvalue weighted by atomic mass is 32.2. The fourth-order valence-corrected chi connectivity index (χ4v) is 4.56. The Morgan fingerprint density at radius 1 is 1.13 bits per heavy atom.